The smallest absolute Gasteiger partial charge is 0.141 e. The molecule has 0 unspecified atom stereocenters. The fraction of sp³-hybridized carbons (Fsp3) is 0.189. The Morgan fingerprint density at radius 3 is 2.05 bits per heavy atom. The Balaban J connectivity index is 0.000000161. The van der Waals surface area contributed by atoms with Crippen LogP contribution in [0.5, 0.6) is 0 Å². The van der Waals surface area contributed by atoms with Gasteiger partial charge in [0.05, 0.1) is 6.20 Å². The Morgan fingerprint density at radius 2 is 1.30 bits per heavy atom. The Bertz CT molecular complexity index is 1910. The molecule has 0 N–H and O–H groups in total. The molecule has 0 aliphatic carbocycles. The van der Waals surface area contributed by atoms with Gasteiger partial charge in [-0.15, -0.1) is 11.6 Å². The van der Waals surface area contributed by atoms with Crippen molar-refractivity contribution in [2.45, 2.75) is 38.5 Å². The van der Waals surface area contributed by atoms with E-state index in [0.29, 0.717) is 0 Å². The van der Waals surface area contributed by atoms with Crippen LogP contribution in [0.3, 0.4) is 0 Å². The summed E-state index contributed by atoms with van der Waals surface area (Å²) in [5, 5.41) is 9.12. The first-order chi connectivity index (χ1) is 20.3. The van der Waals surface area contributed by atoms with E-state index in [2.05, 4.69) is 129 Å². The number of anilines is 2. The second kappa shape index (κ2) is 10.8. The third kappa shape index (κ3) is 4.40. The van der Waals surface area contributed by atoms with Crippen LogP contribution in [0.4, 0.5) is 11.5 Å². The van der Waals surface area contributed by atoms with Gasteiger partial charge in [0.2, 0.25) is 0 Å². The molecule has 5 nitrogen and oxygen atoms in total. The van der Waals surface area contributed by atoms with Gasteiger partial charge in [-0.2, -0.15) is 58.7 Å². The van der Waals surface area contributed by atoms with Crippen molar-refractivity contribution in [2.24, 2.45) is 0 Å². The molecule has 217 valence electrons. The van der Waals surface area contributed by atoms with Crippen molar-refractivity contribution < 1.29 is 20.1 Å². The molecule has 0 spiro atoms. The number of rotatable bonds is 1. The van der Waals surface area contributed by atoms with Crippen molar-refractivity contribution in [3.05, 3.63) is 133 Å². The molecule has 6 aromatic rings. The molecule has 0 saturated carbocycles. The molecule has 0 atom stereocenters. The molecule has 2 aliphatic rings. The summed E-state index contributed by atoms with van der Waals surface area (Å²) in [4.78, 5) is 2.22. The van der Waals surface area contributed by atoms with Gasteiger partial charge in [0, 0.05) is 61.3 Å². The van der Waals surface area contributed by atoms with Gasteiger partial charge in [0.1, 0.15) is 5.82 Å². The number of para-hydroxylation sites is 3. The van der Waals surface area contributed by atoms with Crippen LogP contribution in [0.25, 0.3) is 33.6 Å². The molecule has 0 fully saturated rings. The van der Waals surface area contributed by atoms with Crippen LogP contribution in [0.1, 0.15) is 39.0 Å². The summed E-state index contributed by atoms with van der Waals surface area (Å²) in [5.41, 5.74) is 10.7. The fourth-order valence-electron chi connectivity index (χ4n) is 6.33. The van der Waals surface area contributed by atoms with E-state index in [9.17, 15) is 0 Å². The SMILES string of the molecule is CC1(C)c2ccc[c-]c2-n2nccc2C1(C)C.CN1c2ccccc2-c2ccccc2-c2cnn(-c3[c-]cccc3)c21.[Ir]. The molecular formula is C37H33IrN5-2. The zero-order chi connectivity index (χ0) is 29.1. The summed E-state index contributed by atoms with van der Waals surface area (Å²) in [7, 11) is 2.10. The summed E-state index contributed by atoms with van der Waals surface area (Å²) in [6.07, 6.45) is 3.83. The second-order valence-corrected chi connectivity index (χ2v) is 12.0. The predicted octanol–water partition coefficient (Wildman–Crippen LogP) is 8.33. The van der Waals surface area contributed by atoms with E-state index in [-0.39, 0.29) is 30.9 Å². The van der Waals surface area contributed by atoms with Crippen LogP contribution in [-0.2, 0) is 30.9 Å². The van der Waals surface area contributed by atoms with Crippen molar-refractivity contribution >= 4 is 11.5 Å². The van der Waals surface area contributed by atoms with Crippen LogP contribution < -0.4 is 4.90 Å². The first-order valence-corrected chi connectivity index (χ1v) is 14.3. The Labute approximate surface area is 267 Å². The number of nitrogens with zero attached hydrogens (tertiary/aromatic N) is 5. The van der Waals surface area contributed by atoms with Gasteiger partial charge in [-0.25, -0.2) is 4.68 Å². The molecule has 4 aromatic carbocycles. The molecule has 4 heterocycles. The number of hydrogen-bond donors (Lipinski definition) is 0. The summed E-state index contributed by atoms with van der Waals surface area (Å²) >= 11 is 0. The number of fused-ring (bicyclic) bond motifs is 8. The average Bonchev–Trinajstić information content (AvgIpc) is 3.68. The van der Waals surface area contributed by atoms with Gasteiger partial charge in [-0.1, -0.05) is 70.2 Å². The minimum absolute atomic E-state index is 0. The van der Waals surface area contributed by atoms with Crippen molar-refractivity contribution in [2.75, 3.05) is 11.9 Å². The standard InChI is InChI=1S/C22H16N3.C15H17N2.Ir/c1-24-21-14-8-7-13-19(21)17-11-5-6-12-18(17)20-15-23-25(22(20)24)16-9-3-2-4-10-16;1-14(2)11-7-5-6-8-12(11)17-13(9-10-16-17)15(14,3)4;/h2-9,11-15H,1H3;5-7,9-10H,1-4H3;/q2*-1;. The molecule has 0 saturated heterocycles. The van der Waals surface area contributed by atoms with E-state index in [4.69, 9.17) is 0 Å². The third-order valence-electron chi connectivity index (χ3n) is 9.32. The maximum absolute atomic E-state index is 4.68. The monoisotopic (exact) mass is 740 g/mol. The topological polar surface area (TPSA) is 38.9 Å². The van der Waals surface area contributed by atoms with E-state index in [1.54, 1.807) is 0 Å². The summed E-state index contributed by atoms with van der Waals surface area (Å²) in [5.74, 6) is 1.06. The van der Waals surface area contributed by atoms with Gasteiger partial charge in [-0.05, 0) is 40.0 Å². The van der Waals surface area contributed by atoms with Crippen LogP contribution in [0, 0.1) is 12.1 Å². The third-order valence-corrected chi connectivity index (χ3v) is 9.32. The molecule has 2 aliphatic heterocycles. The molecule has 8 rings (SSSR count). The molecular weight excluding hydrogens is 707 g/mol. The zero-order valence-electron chi connectivity index (χ0n) is 25.0. The van der Waals surface area contributed by atoms with Gasteiger partial charge in [-0.3, -0.25) is 4.68 Å². The Kier molecular flexibility index (Phi) is 7.24. The molecule has 0 amide bonds. The van der Waals surface area contributed by atoms with Crippen LogP contribution >= 0.6 is 0 Å². The Hall–Kier alpha value is -4.25. The second-order valence-electron chi connectivity index (χ2n) is 12.0. The maximum Gasteiger partial charge on any atom is 0.141 e. The first-order valence-electron chi connectivity index (χ1n) is 14.3. The molecule has 1 radical (unpaired) electrons. The quantitative estimate of drug-likeness (QED) is 0.159. The molecule has 2 aromatic heterocycles. The van der Waals surface area contributed by atoms with E-state index < -0.39 is 0 Å². The van der Waals surface area contributed by atoms with Crippen LogP contribution in [0.15, 0.2) is 109 Å². The minimum atomic E-state index is 0. The Morgan fingerprint density at radius 1 is 0.628 bits per heavy atom. The summed E-state index contributed by atoms with van der Waals surface area (Å²) in [6, 6.07) is 39.9. The predicted molar refractivity (Wildman–Crippen MR) is 170 cm³/mol. The number of aromatic nitrogens is 4. The molecule has 0 bridgehead atoms. The van der Waals surface area contributed by atoms with Gasteiger partial charge < -0.3 is 4.90 Å². The normalized spacial score (nSPS) is 14.8. The van der Waals surface area contributed by atoms with Crippen LogP contribution in [0.2, 0.25) is 0 Å². The first kappa shape index (κ1) is 28.8. The van der Waals surface area contributed by atoms with Crippen LogP contribution in [-0.4, -0.2) is 26.6 Å². The van der Waals surface area contributed by atoms with Crippen molar-refractivity contribution in [1.82, 2.24) is 19.6 Å². The largest absolute Gasteiger partial charge is 0.328 e. The summed E-state index contributed by atoms with van der Waals surface area (Å²) < 4.78 is 3.99. The zero-order valence-corrected chi connectivity index (χ0v) is 27.4. The van der Waals surface area contributed by atoms with E-state index in [1.165, 1.54) is 33.6 Å². The van der Waals surface area contributed by atoms with Gasteiger partial charge in [0.25, 0.3) is 0 Å². The average molecular weight is 740 g/mol. The van der Waals surface area contributed by atoms with Gasteiger partial charge >= 0.3 is 0 Å². The van der Waals surface area contributed by atoms with Crippen molar-refractivity contribution in [3.8, 4) is 33.6 Å². The van der Waals surface area contributed by atoms with E-state index >= 15 is 0 Å². The maximum atomic E-state index is 4.68. The van der Waals surface area contributed by atoms with Gasteiger partial charge in [0.15, 0.2) is 0 Å². The number of benzene rings is 4. The molecule has 6 heteroatoms. The fourth-order valence-corrected chi connectivity index (χ4v) is 6.33. The van der Waals surface area contributed by atoms with Crippen molar-refractivity contribution in [3.63, 3.8) is 0 Å². The van der Waals surface area contributed by atoms with E-state index in [1.807, 2.05) is 52.1 Å². The number of hydrogen-bond acceptors (Lipinski definition) is 3. The summed E-state index contributed by atoms with van der Waals surface area (Å²) in [6.45, 7) is 9.18. The van der Waals surface area contributed by atoms with E-state index in [0.717, 1.165) is 22.8 Å². The molecule has 43 heavy (non-hydrogen) atoms. The van der Waals surface area contributed by atoms with Crippen molar-refractivity contribution in [1.29, 1.82) is 0 Å². The minimum Gasteiger partial charge on any atom is -0.328 e.